The van der Waals surface area contributed by atoms with Gasteiger partial charge in [0, 0.05) is 17.8 Å². The van der Waals surface area contributed by atoms with Gasteiger partial charge in [0.15, 0.2) is 5.78 Å². The summed E-state index contributed by atoms with van der Waals surface area (Å²) in [7, 11) is -3.56. The van der Waals surface area contributed by atoms with E-state index in [1.54, 1.807) is 12.1 Å². The monoisotopic (exact) mass is 378 g/mol. The molecular weight excluding hydrogens is 359 g/mol. The number of nitrogens with one attached hydrogen (secondary N) is 1. The lowest BCUT2D eigenvalue weighted by Crippen LogP contribution is -2.23. The van der Waals surface area contributed by atoms with Gasteiger partial charge in [-0.05, 0) is 55.3 Å². The van der Waals surface area contributed by atoms with Gasteiger partial charge < -0.3 is 19.5 Å². The third kappa shape index (κ3) is 4.04. The third-order valence-corrected chi connectivity index (χ3v) is 6.28. The summed E-state index contributed by atoms with van der Waals surface area (Å²) in [5, 5.41) is 23.4. The molecule has 1 fully saturated rings. The van der Waals surface area contributed by atoms with Crippen LogP contribution in [0.25, 0.3) is 0 Å². The number of nitrogens with zero attached hydrogens (tertiary/aromatic N) is 1. The summed E-state index contributed by atoms with van der Waals surface area (Å²) < 4.78 is 24.5. The summed E-state index contributed by atoms with van der Waals surface area (Å²) in [6.45, 7) is 2.13. The van der Waals surface area contributed by atoms with E-state index in [2.05, 4.69) is 5.32 Å². The fourth-order valence-electron chi connectivity index (χ4n) is 2.65. The van der Waals surface area contributed by atoms with Crippen molar-refractivity contribution in [3.05, 3.63) is 64.2 Å². The van der Waals surface area contributed by atoms with Crippen LogP contribution in [0.1, 0.15) is 24.7 Å². The van der Waals surface area contributed by atoms with Gasteiger partial charge in [0.1, 0.15) is 5.75 Å². The number of hydrogen-bond donors (Lipinski definition) is 2. The molecule has 8 nitrogen and oxygen atoms in total. The molecule has 1 heterocycles. The highest BCUT2D eigenvalue weighted by atomic mass is 31.2. The maximum atomic E-state index is 13.3. The van der Waals surface area contributed by atoms with Gasteiger partial charge in [-0.3, -0.25) is 14.7 Å². The zero-order chi connectivity index (χ0) is 18.7. The molecule has 2 aromatic carbocycles. The smallest absolute Gasteiger partial charge is 0.357 e. The van der Waals surface area contributed by atoms with Crippen molar-refractivity contribution in [3.63, 3.8) is 0 Å². The Hall–Kier alpha value is -2.41. The van der Waals surface area contributed by atoms with Gasteiger partial charge in [-0.25, -0.2) is 0 Å². The van der Waals surface area contributed by atoms with Crippen molar-refractivity contribution >= 4 is 19.0 Å². The number of phenolic OH excluding ortho intramolecular Hbond substituents is 1. The van der Waals surface area contributed by atoms with Gasteiger partial charge in [0.25, 0.3) is 5.69 Å². The quantitative estimate of drug-likeness (QED) is 0.343. The standard InChI is InChI=1S/C17H19N2O6P/c1-12-10-11-24-26(23,25-12)17(18-14-4-8-16(20)9-5-14)13-2-6-15(7-3-13)19(21)22/h2-9,12,17-18,20H,10-11H2,1H3/t12-,17-,26+/m1/s1. The Morgan fingerprint density at radius 2 is 1.88 bits per heavy atom. The van der Waals surface area contributed by atoms with Crippen LogP contribution >= 0.6 is 7.60 Å². The Morgan fingerprint density at radius 3 is 2.46 bits per heavy atom. The van der Waals surface area contributed by atoms with Crippen LogP contribution in [-0.4, -0.2) is 22.7 Å². The van der Waals surface area contributed by atoms with E-state index < -0.39 is 18.3 Å². The first kappa shape index (κ1) is 18.4. The summed E-state index contributed by atoms with van der Waals surface area (Å²) in [4.78, 5) is 10.4. The number of nitro benzene ring substituents is 1. The summed E-state index contributed by atoms with van der Waals surface area (Å²) in [6, 6.07) is 12.0. The molecule has 0 aromatic heterocycles. The Labute approximate surface area is 150 Å². The predicted molar refractivity (Wildman–Crippen MR) is 96.3 cm³/mol. The van der Waals surface area contributed by atoms with Crippen molar-refractivity contribution < 1.29 is 23.6 Å². The summed E-state index contributed by atoms with van der Waals surface area (Å²) >= 11 is 0. The minimum atomic E-state index is -3.56. The first-order valence-electron chi connectivity index (χ1n) is 8.10. The molecule has 0 aliphatic carbocycles. The number of hydrogen-bond acceptors (Lipinski definition) is 7. The zero-order valence-corrected chi connectivity index (χ0v) is 15.0. The van der Waals surface area contributed by atoms with E-state index in [0.717, 1.165) is 0 Å². The van der Waals surface area contributed by atoms with Crippen molar-refractivity contribution in [2.24, 2.45) is 0 Å². The van der Waals surface area contributed by atoms with Gasteiger partial charge in [-0.2, -0.15) is 0 Å². The average Bonchev–Trinajstić information content (AvgIpc) is 2.61. The first-order chi connectivity index (χ1) is 12.4. The topological polar surface area (TPSA) is 111 Å². The van der Waals surface area contributed by atoms with Crippen LogP contribution in [0.2, 0.25) is 0 Å². The van der Waals surface area contributed by atoms with Gasteiger partial charge in [-0.1, -0.05) is 0 Å². The van der Waals surface area contributed by atoms with E-state index in [1.807, 2.05) is 6.92 Å². The van der Waals surface area contributed by atoms with Crippen LogP contribution in [0.5, 0.6) is 5.75 Å². The molecule has 1 aliphatic rings. The van der Waals surface area contributed by atoms with Gasteiger partial charge in [0.2, 0.25) is 0 Å². The molecule has 0 saturated carbocycles. The SMILES string of the molecule is C[C@@H]1CCO[P@@](=O)([C@@H](Nc2ccc(O)cc2)c2ccc([N+](=O)[O-])cc2)O1. The number of phenols is 1. The molecule has 2 N–H and O–H groups in total. The van der Waals surface area contributed by atoms with Crippen LogP contribution in [0, 0.1) is 10.1 Å². The van der Waals surface area contributed by atoms with E-state index in [-0.39, 0.29) is 17.5 Å². The van der Waals surface area contributed by atoms with Crippen LogP contribution < -0.4 is 5.32 Å². The van der Waals surface area contributed by atoms with Crippen LogP contribution in [-0.2, 0) is 13.6 Å². The van der Waals surface area contributed by atoms with Crippen molar-refractivity contribution in [2.75, 3.05) is 11.9 Å². The Bertz CT molecular complexity index is 824. The molecule has 138 valence electrons. The summed E-state index contributed by atoms with van der Waals surface area (Å²) in [5.41, 5.74) is 1.09. The Balaban J connectivity index is 1.96. The van der Waals surface area contributed by atoms with Crippen molar-refractivity contribution in [1.82, 2.24) is 0 Å². The number of anilines is 1. The number of aromatic hydroxyl groups is 1. The molecule has 0 amide bonds. The molecule has 0 unspecified atom stereocenters. The molecule has 9 heteroatoms. The molecule has 3 rings (SSSR count). The number of rotatable bonds is 5. The lowest BCUT2D eigenvalue weighted by molar-refractivity contribution is -0.384. The highest BCUT2D eigenvalue weighted by Crippen LogP contribution is 2.63. The fraction of sp³-hybridized carbons (Fsp3) is 0.294. The molecule has 2 aromatic rings. The minimum Gasteiger partial charge on any atom is -0.508 e. The molecule has 1 saturated heterocycles. The second-order valence-electron chi connectivity index (χ2n) is 6.02. The summed E-state index contributed by atoms with van der Waals surface area (Å²) in [6.07, 6.45) is 0.410. The highest BCUT2D eigenvalue weighted by molar-refractivity contribution is 7.54. The van der Waals surface area contributed by atoms with E-state index in [9.17, 15) is 19.8 Å². The van der Waals surface area contributed by atoms with Crippen molar-refractivity contribution in [3.8, 4) is 5.75 Å². The maximum Gasteiger partial charge on any atom is 0.357 e. The lowest BCUT2D eigenvalue weighted by Gasteiger charge is -2.34. The van der Waals surface area contributed by atoms with Gasteiger partial charge in [0.05, 0.1) is 17.6 Å². The molecule has 3 atom stereocenters. The molecule has 0 bridgehead atoms. The van der Waals surface area contributed by atoms with Crippen molar-refractivity contribution in [2.45, 2.75) is 25.2 Å². The van der Waals surface area contributed by atoms with Gasteiger partial charge >= 0.3 is 7.60 Å². The highest BCUT2D eigenvalue weighted by Gasteiger charge is 2.41. The second kappa shape index (κ2) is 7.45. The first-order valence-corrected chi connectivity index (χ1v) is 9.71. The zero-order valence-electron chi connectivity index (χ0n) is 14.1. The Morgan fingerprint density at radius 1 is 1.23 bits per heavy atom. The maximum absolute atomic E-state index is 13.3. The van der Waals surface area contributed by atoms with Crippen LogP contribution in [0.4, 0.5) is 11.4 Å². The Kier molecular flexibility index (Phi) is 5.27. The molecule has 26 heavy (non-hydrogen) atoms. The average molecular weight is 378 g/mol. The van der Waals surface area contributed by atoms with Crippen molar-refractivity contribution in [1.29, 1.82) is 0 Å². The van der Waals surface area contributed by atoms with E-state index in [1.165, 1.54) is 36.4 Å². The van der Waals surface area contributed by atoms with E-state index in [0.29, 0.717) is 24.3 Å². The summed E-state index contributed by atoms with van der Waals surface area (Å²) in [5.74, 6) is -0.733. The lowest BCUT2D eigenvalue weighted by atomic mass is 10.2. The van der Waals surface area contributed by atoms with Gasteiger partial charge in [-0.15, -0.1) is 0 Å². The van der Waals surface area contributed by atoms with Crippen LogP contribution in [0.3, 0.4) is 0 Å². The molecule has 1 aliphatic heterocycles. The fourth-order valence-corrected chi connectivity index (χ4v) is 4.80. The number of non-ortho nitro benzene ring substituents is 1. The van der Waals surface area contributed by atoms with E-state index in [4.69, 9.17) is 9.05 Å². The predicted octanol–water partition coefficient (Wildman–Crippen LogP) is 4.43. The molecule has 0 spiro atoms. The number of benzene rings is 2. The molecule has 0 radical (unpaired) electrons. The second-order valence-corrected chi connectivity index (χ2v) is 8.09. The largest absolute Gasteiger partial charge is 0.508 e. The minimum absolute atomic E-state index is 0.0609. The molecular formula is C17H19N2O6P. The van der Waals surface area contributed by atoms with E-state index >= 15 is 0 Å². The number of nitro groups is 1. The van der Waals surface area contributed by atoms with Crippen LogP contribution in [0.15, 0.2) is 48.5 Å². The third-order valence-electron chi connectivity index (χ3n) is 4.03. The normalized spacial score (nSPS) is 24.0.